The summed E-state index contributed by atoms with van der Waals surface area (Å²) < 4.78 is 0. The van der Waals surface area contributed by atoms with Crippen LogP contribution >= 0.6 is 11.3 Å². The quantitative estimate of drug-likeness (QED) is 0.837. The van der Waals surface area contributed by atoms with Crippen molar-refractivity contribution in [1.82, 2.24) is 9.80 Å². The fraction of sp³-hybridized carbons (Fsp3) is 0.611. The highest BCUT2D eigenvalue weighted by Crippen LogP contribution is 2.36. The summed E-state index contributed by atoms with van der Waals surface area (Å²) in [5.74, 6) is 0.00651. The molecule has 1 aliphatic heterocycles. The number of carbonyl (C=O) groups excluding carboxylic acids is 2. The fourth-order valence-electron chi connectivity index (χ4n) is 3.54. The van der Waals surface area contributed by atoms with E-state index in [0.29, 0.717) is 43.3 Å². The summed E-state index contributed by atoms with van der Waals surface area (Å²) in [4.78, 5) is 28.9. The van der Waals surface area contributed by atoms with Gasteiger partial charge in [0.25, 0.3) is 0 Å². The monoisotopic (exact) mass is 360 g/mol. The first kappa shape index (κ1) is 17.9. The number of carbonyl (C=O) groups is 2. The van der Waals surface area contributed by atoms with E-state index in [1.54, 1.807) is 23.2 Å². The van der Waals surface area contributed by atoms with Gasteiger partial charge in [-0.2, -0.15) is 5.26 Å². The van der Waals surface area contributed by atoms with E-state index in [2.05, 4.69) is 16.3 Å². The van der Waals surface area contributed by atoms with Crippen molar-refractivity contribution in [3.8, 4) is 6.07 Å². The Morgan fingerprint density at radius 2 is 1.88 bits per heavy atom. The average molecular weight is 360 g/mol. The van der Waals surface area contributed by atoms with Gasteiger partial charge >= 0.3 is 0 Å². The van der Waals surface area contributed by atoms with Gasteiger partial charge in [0.1, 0.15) is 11.1 Å². The zero-order valence-electron chi connectivity index (χ0n) is 14.6. The summed E-state index contributed by atoms with van der Waals surface area (Å²) in [6.45, 7) is 4.63. The molecule has 1 saturated heterocycles. The molecule has 0 atom stereocenters. The number of aryl methyl sites for hydroxylation is 1. The topological polar surface area (TPSA) is 76.4 Å². The molecule has 0 saturated carbocycles. The summed E-state index contributed by atoms with van der Waals surface area (Å²) >= 11 is 1.57. The molecule has 1 fully saturated rings. The minimum atomic E-state index is -0.0795. The van der Waals surface area contributed by atoms with Gasteiger partial charge in [-0.05, 0) is 31.2 Å². The summed E-state index contributed by atoms with van der Waals surface area (Å²) in [6, 6.07) is 2.30. The molecule has 25 heavy (non-hydrogen) atoms. The van der Waals surface area contributed by atoms with Crippen molar-refractivity contribution in [2.75, 3.05) is 38.0 Å². The van der Waals surface area contributed by atoms with Crippen molar-refractivity contribution in [2.45, 2.75) is 39.0 Å². The molecule has 0 spiro atoms. The molecule has 0 aromatic carbocycles. The SMILES string of the molecule is CC(=O)N1CCN(CC(=O)Nc2sc3c(c2C#N)CCCCC3)CC1. The second kappa shape index (κ2) is 7.98. The summed E-state index contributed by atoms with van der Waals surface area (Å²) in [5, 5.41) is 13.2. The number of piperazine rings is 1. The predicted molar refractivity (Wildman–Crippen MR) is 97.6 cm³/mol. The Balaban J connectivity index is 1.60. The van der Waals surface area contributed by atoms with Crippen molar-refractivity contribution < 1.29 is 9.59 Å². The maximum atomic E-state index is 12.4. The first-order valence-electron chi connectivity index (χ1n) is 8.91. The number of amides is 2. The Kier molecular flexibility index (Phi) is 5.71. The summed E-state index contributed by atoms with van der Waals surface area (Å²) in [5.41, 5.74) is 1.81. The van der Waals surface area contributed by atoms with Gasteiger partial charge in [-0.15, -0.1) is 11.3 Å². The van der Waals surface area contributed by atoms with E-state index in [-0.39, 0.29) is 11.8 Å². The standard InChI is InChI=1S/C18H24N4O2S/c1-13(23)22-9-7-21(8-10-22)12-17(24)20-18-15(11-19)14-5-3-2-4-6-16(14)25-18/h2-10,12H2,1H3,(H,20,24). The van der Waals surface area contributed by atoms with Crippen molar-refractivity contribution >= 4 is 28.2 Å². The maximum absolute atomic E-state index is 12.4. The number of nitrogens with one attached hydrogen (secondary N) is 1. The van der Waals surface area contributed by atoms with Crippen molar-refractivity contribution in [3.63, 3.8) is 0 Å². The van der Waals surface area contributed by atoms with Gasteiger partial charge in [0.05, 0.1) is 12.1 Å². The van der Waals surface area contributed by atoms with Crippen LogP contribution in [0.15, 0.2) is 0 Å². The van der Waals surface area contributed by atoms with Crippen LogP contribution in [0, 0.1) is 11.3 Å². The van der Waals surface area contributed by atoms with Crippen LogP contribution in [0.5, 0.6) is 0 Å². The lowest BCUT2D eigenvalue weighted by atomic mass is 10.1. The third kappa shape index (κ3) is 4.20. The van der Waals surface area contributed by atoms with Crippen LogP contribution in [0.25, 0.3) is 0 Å². The largest absolute Gasteiger partial charge is 0.340 e. The summed E-state index contributed by atoms with van der Waals surface area (Å²) in [7, 11) is 0. The van der Waals surface area contributed by atoms with E-state index in [1.165, 1.54) is 11.3 Å². The van der Waals surface area contributed by atoms with E-state index in [4.69, 9.17) is 0 Å². The van der Waals surface area contributed by atoms with E-state index in [1.807, 2.05) is 0 Å². The Hall–Kier alpha value is -1.91. The molecule has 1 aliphatic carbocycles. The van der Waals surface area contributed by atoms with Gasteiger partial charge in [-0.1, -0.05) is 6.42 Å². The zero-order chi connectivity index (χ0) is 17.8. The van der Waals surface area contributed by atoms with E-state index in [9.17, 15) is 14.9 Å². The first-order chi connectivity index (χ1) is 12.1. The lowest BCUT2D eigenvalue weighted by Crippen LogP contribution is -2.49. The first-order valence-corrected chi connectivity index (χ1v) is 9.72. The van der Waals surface area contributed by atoms with E-state index in [0.717, 1.165) is 31.2 Å². The second-order valence-electron chi connectivity index (χ2n) is 6.71. The molecule has 0 radical (unpaired) electrons. The van der Waals surface area contributed by atoms with Crippen LogP contribution in [0.3, 0.4) is 0 Å². The second-order valence-corrected chi connectivity index (χ2v) is 7.82. The normalized spacial score (nSPS) is 18.2. The number of thiophene rings is 1. The highest BCUT2D eigenvalue weighted by Gasteiger charge is 2.23. The van der Waals surface area contributed by atoms with Crippen molar-refractivity contribution in [3.05, 3.63) is 16.0 Å². The van der Waals surface area contributed by atoms with Gasteiger partial charge < -0.3 is 10.2 Å². The molecule has 2 aliphatic rings. The number of rotatable bonds is 3. The maximum Gasteiger partial charge on any atom is 0.239 e. The highest BCUT2D eigenvalue weighted by molar-refractivity contribution is 7.16. The predicted octanol–water partition coefficient (Wildman–Crippen LogP) is 1.99. The molecule has 0 bridgehead atoms. The third-order valence-corrected chi connectivity index (χ3v) is 6.18. The molecule has 7 heteroatoms. The molecule has 2 heterocycles. The molecule has 134 valence electrons. The van der Waals surface area contributed by atoms with Gasteiger partial charge in [0.15, 0.2) is 0 Å². The number of anilines is 1. The highest BCUT2D eigenvalue weighted by atomic mass is 32.1. The molecule has 1 N–H and O–H groups in total. The van der Waals surface area contributed by atoms with Gasteiger partial charge in [-0.3, -0.25) is 14.5 Å². The van der Waals surface area contributed by atoms with Crippen molar-refractivity contribution in [2.24, 2.45) is 0 Å². The Bertz CT molecular complexity index is 699. The number of fused-ring (bicyclic) bond motifs is 1. The van der Waals surface area contributed by atoms with Gasteiger partial charge in [0.2, 0.25) is 11.8 Å². The number of nitriles is 1. The van der Waals surface area contributed by atoms with Crippen LogP contribution in [0.4, 0.5) is 5.00 Å². The van der Waals surface area contributed by atoms with Crippen LogP contribution in [0.2, 0.25) is 0 Å². The van der Waals surface area contributed by atoms with Gasteiger partial charge in [-0.25, -0.2) is 0 Å². The molecular weight excluding hydrogens is 336 g/mol. The Morgan fingerprint density at radius 3 is 2.56 bits per heavy atom. The molecule has 3 rings (SSSR count). The molecule has 6 nitrogen and oxygen atoms in total. The molecule has 0 unspecified atom stereocenters. The fourth-order valence-corrected chi connectivity index (χ4v) is 4.80. The molecule has 1 aromatic rings. The van der Waals surface area contributed by atoms with E-state index < -0.39 is 0 Å². The molecule has 2 amide bonds. The third-order valence-electron chi connectivity index (χ3n) is 4.97. The van der Waals surface area contributed by atoms with Crippen LogP contribution in [-0.2, 0) is 22.4 Å². The lowest BCUT2D eigenvalue weighted by molar-refractivity contribution is -0.130. The van der Waals surface area contributed by atoms with Crippen LogP contribution in [-0.4, -0.2) is 54.3 Å². The number of hydrogen-bond acceptors (Lipinski definition) is 5. The van der Waals surface area contributed by atoms with Crippen molar-refractivity contribution in [1.29, 1.82) is 5.26 Å². The minimum absolute atomic E-state index is 0.0795. The summed E-state index contributed by atoms with van der Waals surface area (Å²) in [6.07, 6.45) is 5.44. The minimum Gasteiger partial charge on any atom is -0.340 e. The Labute approximate surface area is 152 Å². The van der Waals surface area contributed by atoms with E-state index >= 15 is 0 Å². The molecule has 1 aromatic heterocycles. The number of hydrogen-bond donors (Lipinski definition) is 1. The Morgan fingerprint density at radius 1 is 1.16 bits per heavy atom. The number of nitrogens with zero attached hydrogens (tertiary/aromatic N) is 3. The smallest absolute Gasteiger partial charge is 0.239 e. The van der Waals surface area contributed by atoms with Crippen LogP contribution in [0.1, 0.15) is 42.2 Å². The molecular formula is C18H24N4O2S. The lowest BCUT2D eigenvalue weighted by Gasteiger charge is -2.33. The average Bonchev–Trinajstić information content (AvgIpc) is 2.75. The van der Waals surface area contributed by atoms with Gasteiger partial charge in [0, 0.05) is 38.0 Å². The zero-order valence-corrected chi connectivity index (χ0v) is 15.5. The van der Waals surface area contributed by atoms with Crippen LogP contribution < -0.4 is 5.32 Å².